The van der Waals surface area contributed by atoms with Crippen molar-refractivity contribution in [1.82, 2.24) is 4.90 Å². The van der Waals surface area contributed by atoms with Gasteiger partial charge in [-0.25, -0.2) is 4.39 Å². The highest BCUT2D eigenvalue weighted by atomic mass is 19.4. The number of carbonyl (C=O) groups is 1. The van der Waals surface area contributed by atoms with Crippen LogP contribution in [0.2, 0.25) is 0 Å². The summed E-state index contributed by atoms with van der Waals surface area (Å²) in [6.45, 7) is -1.43. The second kappa shape index (κ2) is 5.98. The van der Waals surface area contributed by atoms with Crippen LogP contribution >= 0.6 is 0 Å². The normalized spacial score (nSPS) is 25.8. The molecule has 0 radical (unpaired) electrons. The van der Waals surface area contributed by atoms with Gasteiger partial charge in [0.1, 0.15) is 12.4 Å². The van der Waals surface area contributed by atoms with Crippen LogP contribution in [0.15, 0.2) is 36.4 Å². The summed E-state index contributed by atoms with van der Waals surface area (Å²) in [5.41, 5.74) is 0.489. The highest BCUT2D eigenvalue weighted by Gasteiger charge is 2.43. The summed E-state index contributed by atoms with van der Waals surface area (Å²) in [5.74, 6) is -0.916. The molecule has 0 N–H and O–H groups in total. The van der Waals surface area contributed by atoms with Crippen molar-refractivity contribution in [3.8, 4) is 0 Å². The molecule has 2 nitrogen and oxygen atoms in total. The highest BCUT2D eigenvalue weighted by Crippen LogP contribution is 2.44. The van der Waals surface area contributed by atoms with Gasteiger partial charge in [-0.1, -0.05) is 24.3 Å². The monoisotopic (exact) mass is 327 g/mol. The third kappa shape index (κ3) is 3.74. The average molecular weight is 327 g/mol. The number of allylic oxidation sites excluding steroid dienone is 2. The van der Waals surface area contributed by atoms with Crippen molar-refractivity contribution in [3.63, 3.8) is 0 Å². The van der Waals surface area contributed by atoms with Crippen LogP contribution in [0.4, 0.5) is 17.6 Å². The van der Waals surface area contributed by atoms with Crippen LogP contribution in [-0.4, -0.2) is 23.5 Å². The third-order valence-electron chi connectivity index (χ3n) is 4.56. The summed E-state index contributed by atoms with van der Waals surface area (Å²) < 4.78 is 51.5. The zero-order chi connectivity index (χ0) is 16.6. The number of rotatable bonds is 4. The third-order valence-corrected chi connectivity index (χ3v) is 4.56. The van der Waals surface area contributed by atoms with E-state index in [1.165, 1.54) is 24.3 Å². The average Bonchev–Trinajstić information content (AvgIpc) is 3.09. The molecule has 1 saturated carbocycles. The predicted octanol–water partition coefficient (Wildman–Crippen LogP) is 3.93. The summed E-state index contributed by atoms with van der Waals surface area (Å²) in [6, 6.07) is 5.19. The lowest BCUT2D eigenvalue weighted by Gasteiger charge is -2.29. The molecule has 0 heterocycles. The Morgan fingerprint density at radius 2 is 1.83 bits per heavy atom. The summed E-state index contributed by atoms with van der Waals surface area (Å²) >= 11 is 0. The van der Waals surface area contributed by atoms with E-state index in [1.54, 1.807) is 0 Å². The number of nitrogens with zero attached hydrogens (tertiary/aromatic N) is 1. The molecule has 1 amide bonds. The number of benzene rings is 1. The summed E-state index contributed by atoms with van der Waals surface area (Å²) in [5, 5.41) is 0. The number of hydrogen-bond donors (Lipinski definition) is 0. The maximum Gasteiger partial charge on any atom is 0.406 e. The molecule has 2 bridgehead atoms. The van der Waals surface area contributed by atoms with Gasteiger partial charge in [-0.2, -0.15) is 13.2 Å². The van der Waals surface area contributed by atoms with E-state index in [9.17, 15) is 22.4 Å². The number of carbonyl (C=O) groups excluding carboxylic acids is 1. The molecule has 6 heteroatoms. The Hall–Kier alpha value is -1.85. The first kappa shape index (κ1) is 16.0. The lowest BCUT2D eigenvalue weighted by Crippen LogP contribution is -2.42. The minimum atomic E-state index is -4.46. The second-order valence-corrected chi connectivity index (χ2v) is 6.32. The highest BCUT2D eigenvalue weighted by molar-refractivity contribution is 5.80. The summed E-state index contributed by atoms with van der Waals surface area (Å²) in [7, 11) is 0. The molecular weight excluding hydrogens is 310 g/mol. The van der Waals surface area contributed by atoms with Gasteiger partial charge in [0.2, 0.25) is 5.91 Å². The van der Waals surface area contributed by atoms with Crippen LogP contribution in [0.3, 0.4) is 0 Å². The molecule has 3 atom stereocenters. The predicted molar refractivity (Wildman–Crippen MR) is 76.7 cm³/mol. The molecule has 124 valence electrons. The summed E-state index contributed by atoms with van der Waals surface area (Å²) in [4.78, 5) is 13.5. The SMILES string of the molecule is O=C([C@H]1C[C@H]2C=C[C@H]1C2)N(Cc1ccc(F)cc1)CC(F)(F)F. The van der Waals surface area contributed by atoms with E-state index in [4.69, 9.17) is 0 Å². The van der Waals surface area contributed by atoms with Gasteiger partial charge in [0.05, 0.1) is 0 Å². The molecule has 1 fully saturated rings. The van der Waals surface area contributed by atoms with Gasteiger partial charge in [-0.3, -0.25) is 4.79 Å². The van der Waals surface area contributed by atoms with E-state index in [1.807, 2.05) is 12.2 Å². The zero-order valence-corrected chi connectivity index (χ0v) is 12.4. The van der Waals surface area contributed by atoms with E-state index in [0.29, 0.717) is 17.9 Å². The van der Waals surface area contributed by atoms with Gasteiger partial charge >= 0.3 is 6.18 Å². The van der Waals surface area contributed by atoms with Gasteiger partial charge < -0.3 is 4.90 Å². The van der Waals surface area contributed by atoms with Crippen LogP contribution in [0.5, 0.6) is 0 Å². The number of alkyl halides is 3. The number of halogens is 4. The van der Waals surface area contributed by atoms with Crippen LogP contribution in [0, 0.1) is 23.6 Å². The first-order valence-electron chi connectivity index (χ1n) is 7.60. The van der Waals surface area contributed by atoms with Crippen LogP contribution in [-0.2, 0) is 11.3 Å². The Kier molecular flexibility index (Phi) is 4.17. The lowest BCUT2D eigenvalue weighted by molar-refractivity contribution is -0.165. The summed E-state index contributed by atoms with van der Waals surface area (Å²) in [6.07, 6.45) is 1.01. The van der Waals surface area contributed by atoms with Gasteiger partial charge in [-0.15, -0.1) is 0 Å². The molecule has 1 aromatic rings. The second-order valence-electron chi connectivity index (χ2n) is 6.32. The maximum atomic E-state index is 12.9. The lowest BCUT2D eigenvalue weighted by atomic mass is 9.92. The first-order valence-corrected chi connectivity index (χ1v) is 7.60. The molecule has 3 rings (SSSR count). The van der Waals surface area contributed by atoms with Gasteiger partial charge in [0, 0.05) is 12.5 Å². The van der Waals surface area contributed by atoms with E-state index < -0.39 is 24.4 Å². The number of fused-ring (bicyclic) bond motifs is 2. The molecule has 1 aromatic carbocycles. The Labute approximate surface area is 131 Å². The molecule has 2 aliphatic carbocycles. The zero-order valence-electron chi connectivity index (χ0n) is 12.4. The molecule has 2 aliphatic rings. The Balaban J connectivity index is 1.76. The van der Waals surface area contributed by atoms with Crippen molar-refractivity contribution in [2.45, 2.75) is 25.6 Å². The van der Waals surface area contributed by atoms with Crippen molar-refractivity contribution >= 4 is 5.91 Å². The van der Waals surface area contributed by atoms with Crippen molar-refractivity contribution < 1.29 is 22.4 Å². The molecule has 23 heavy (non-hydrogen) atoms. The minimum Gasteiger partial charge on any atom is -0.329 e. The molecule has 0 unspecified atom stereocenters. The smallest absolute Gasteiger partial charge is 0.329 e. The van der Waals surface area contributed by atoms with Crippen molar-refractivity contribution in [1.29, 1.82) is 0 Å². The van der Waals surface area contributed by atoms with E-state index in [2.05, 4.69) is 0 Å². The molecule has 0 spiro atoms. The van der Waals surface area contributed by atoms with Crippen LogP contribution < -0.4 is 0 Å². The fraction of sp³-hybridized carbons (Fsp3) is 0.471. The van der Waals surface area contributed by atoms with Crippen LogP contribution in [0.1, 0.15) is 18.4 Å². The maximum absolute atomic E-state index is 12.9. The molecule has 0 saturated heterocycles. The standard InChI is InChI=1S/C17H17F4NO/c18-14-5-2-11(3-6-14)9-22(10-17(19,20)21)16(23)15-8-12-1-4-13(15)7-12/h1-6,12-13,15H,7-10H2/t12-,13-,15-/m0/s1. The van der Waals surface area contributed by atoms with E-state index in [0.717, 1.165) is 11.3 Å². The van der Waals surface area contributed by atoms with Crippen LogP contribution in [0.25, 0.3) is 0 Å². The van der Waals surface area contributed by atoms with E-state index >= 15 is 0 Å². The first-order chi connectivity index (χ1) is 10.8. The van der Waals surface area contributed by atoms with E-state index in [-0.39, 0.29) is 18.4 Å². The molecule has 0 aliphatic heterocycles. The molecular formula is C17H17F4NO. The number of amides is 1. The molecule has 0 aromatic heterocycles. The minimum absolute atomic E-state index is 0.0523. The quantitative estimate of drug-likeness (QED) is 0.606. The van der Waals surface area contributed by atoms with Crippen molar-refractivity contribution in [2.24, 2.45) is 17.8 Å². The van der Waals surface area contributed by atoms with Gasteiger partial charge in [-0.05, 0) is 42.4 Å². The largest absolute Gasteiger partial charge is 0.406 e. The fourth-order valence-corrected chi connectivity index (χ4v) is 3.54. The van der Waals surface area contributed by atoms with Gasteiger partial charge in [0.25, 0.3) is 0 Å². The topological polar surface area (TPSA) is 20.3 Å². The Bertz CT molecular complexity index is 608. The fourth-order valence-electron chi connectivity index (χ4n) is 3.54. The van der Waals surface area contributed by atoms with Crippen molar-refractivity contribution in [3.05, 3.63) is 47.8 Å². The van der Waals surface area contributed by atoms with Crippen molar-refractivity contribution in [2.75, 3.05) is 6.54 Å². The van der Waals surface area contributed by atoms with Gasteiger partial charge in [0.15, 0.2) is 0 Å². The Morgan fingerprint density at radius 3 is 2.35 bits per heavy atom. The Morgan fingerprint density at radius 1 is 1.13 bits per heavy atom. The number of hydrogen-bond acceptors (Lipinski definition) is 1.